The molecular weight excluding hydrogens is 223 g/mol. The summed E-state index contributed by atoms with van der Waals surface area (Å²) in [5, 5.41) is 0. The molecule has 0 aliphatic heterocycles. The van der Waals surface area contributed by atoms with Gasteiger partial charge in [-0.2, -0.15) is 4.39 Å². The molecule has 1 amide bonds. The summed E-state index contributed by atoms with van der Waals surface area (Å²) in [5.41, 5.74) is -0.0366. The first-order chi connectivity index (χ1) is 8.20. The quantitative estimate of drug-likeness (QED) is 0.557. The van der Waals surface area contributed by atoms with Crippen LogP contribution in [0.2, 0.25) is 0 Å². The summed E-state index contributed by atoms with van der Waals surface area (Å²) >= 11 is 0. The van der Waals surface area contributed by atoms with Crippen LogP contribution in [0, 0.1) is 5.95 Å². The molecule has 1 aromatic rings. The van der Waals surface area contributed by atoms with Gasteiger partial charge < -0.3 is 9.64 Å². The average molecular weight is 238 g/mol. The Balaban J connectivity index is 2.83. The molecule has 1 aromatic heterocycles. The first-order valence-electron chi connectivity index (χ1n) is 5.20. The van der Waals surface area contributed by atoms with Crippen LogP contribution in [-0.2, 0) is 4.74 Å². The summed E-state index contributed by atoms with van der Waals surface area (Å²) in [6.45, 7) is 4.68. The second-order valence-electron chi connectivity index (χ2n) is 3.37. The van der Waals surface area contributed by atoms with E-state index < -0.39 is 11.9 Å². The van der Waals surface area contributed by atoms with Gasteiger partial charge in [-0.05, 0) is 12.1 Å². The molecule has 0 fully saturated rings. The van der Waals surface area contributed by atoms with Gasteiger partial charge in [-0.25, -0.2) is 4.98 Å². The van der Waals surface area contributed by atoms with Crippen molar-refractivity contribution in [1.29, 1.82) is 0 Å². The minimum Gasteiger partial charge on any atom is -0.383 e. The van der Waals surface area contributed by atoms with Gasteiger partial charge >= 0.3 is 0 Å². The molecule has 5 heteroatoms. The molecule has 17 heavy (non-hydrogen) atoms. The third kappa shape index (κ3) is 3.64. The van der Waals surface area contributed by atoms with Crippen LogP contribution in [0.25, 0.3) is 0 Å². The monoisotopic (exact) mass is 238 g/mol. The third-order valence-electron chi connectivity index (χ3n) is 2.19. The van der Waals surface area contributed by atoms with E-state index in [1.54, 1.807) is 13.2 Å². The number of nitrogens with zero attached hydrogens (tertiary/aromatic N) is 2. The van der Waals surface area contributed by atoms with Crippen LogP contribution in [0.5, 0.6) is 0 Å². The molecule has 0 aromatic carbocycles. The molecule has 92 valence electrons. The number of carbonyl (C=O) groups is 1. The lowest BCUT2D eigenvalue weighted by Gasteiger charge is -2.20. The van der Waals surface area contributed by atoms with Crippen LogP contribution in [0.4, 0.5) is 4.39 Å². The van der Waals surface area contributed by atoms with Crippen LogP contribution in [-0.4, -0.2) is 42.6 Å². The van der Waals surface area contributed by atoms with Gasteiger partial charge in [-0.1, -0.05) is 6.08 Å². The van der Waals surface area contributed by atoms with Crippen molar-refractivity contribution in [3.8, 4) is 0 Å². The fourth-order valence-corrected chi connectivity index (χ4v) is 1.35. The Morgan fingerprint density at radius 2 is 2.47 bits per heavy atom. The fraction of sp³-hybridized carbons (Fsp3) is 0.333. The highest BCUT2D eigenvalue weighted by atomic mass is 19.1. The number of methoxy groups -OCH3 is 1. The predicted molar refractivity (Wildman–Crippen MR) is 62.2 cm³/mol. The van der Waals surface area contributed by atoms with E-state index in [1.807, 2.05) is 0 Å². The van der Waals surface area contributed by atoms with Crippen molar-refractivity contribution >= 4 is 5.91 Å². The van der Waals surface area contributed by atoms with Gasteiger partial charge in [0.1, 0.15) is 0 Å². The molecule has 0 aliphatic carbocycles. The van der Waals surface area contributed by atoms with Crippen molar-refractivity contribution < 1.29 is 13.9 Å². The van der Waals surface area contributed by atoms with Crippen LogP contribution in [0.15, 0.2) is 31.0 Å². The maximum atomic E-state index is 13.3. The zero-order chi connectivity index (χ0) is 12.7. The molecule has 0 saturated carbocycles. The van der Waals surface area contributed by atoms with E-state index in [4.69, 9.17) is 4.74 Å². The molecule has 0 bridgehead atoms. The van der Waals surface area contributed by atoms with Crippen molar-refractivity contribution in [1.82, 2.24) is 9.88 Å². The topological polar surface area (TPSA) is 42.4 Å². The molecule has 0 spiro atoms. The minimum atomic E-state index is -0.760. The second kappa shape index (κ2) is 6.75. The van der Waals surface area contributed by atoms with E-state index in [0.29, 0.717) is 19.7 Å². The summed E-state index contributed by atoms with van der Waals surface area (Å²) in [6.07, 6.45) is 2.89. The highest BCUT2D eigenvalue weighted by Gasteiger charge is 2.18. The molecule has 0 aliphatic rings. The van der Waals surface area contributed by atoms with Gasteiger partial charge in [0.25, 0.3) is 5.91 Å². The van der Waals surface area contributed by atoms with Gasteiger partial charge in [0.15, 0.2) is 0 Å². The Kier molecular flexibility index (Phi) is 5.29. The molecular formula is C12H15FN2O2. The Morgan fingerprint density at radius 3 is 3.06 bits per heavy atom. The summed E-state index contributed by atoms with van der Waals surface area (Å²) in [5.74, 6) is -1.17. The van der Waals surface area contributed by atoms with Crippen LogP contribution >= 0.6 is 0 Å². The van der Waals surface area contributed by atoms with Gasteiger partial charge in [-0.3, -0.25) is 4.79 Å². The number of carbonyl (C=O) groups excluding carboxylic acids is 1. The van der Waals surface area contributed by atoms with E-state index >= 15 is 0 Å². The van der Waals surface area contributed by atoms with Crippen molar-refractivity contribution in [3.05, 3.63) is 42.5 Å². The number of amides is 1. The maximum Gasteiger partial charge on any atom is 0.258 e. The lowest BCUT2D eigenvalue weighted by molar-refractivity contribution is 0.0712. The largest absolute Gasteiger partial charge is 0.383 e. The molecule has 0 unspecified atom stereocenters. The Morgan fingerprint density at radius 1 is 1.71 bits per heavy atom. The van der Waals surface area contributed by atoms with Crippen LogP contribution in [0.3, 0.4) is 0 Å². The maximum absolute atomic E-state index is 13.3. The second-order valence-corrected chi connectivity index (χ2v) is 3.37. The number of halogens is 1. The van der Waals surface area contributed by atoms with Gasteiger partial charge in [-0.15, -0.1) is 6.58 Å². The Bertz CT molecular complexity index is 396. The third-order valence-corrected chi connectivity index (χ3v) is 2.19. The molecule has 0 radical (unpaired) electrons. The zero-order valence-corrected chi connectivity index (χ0v) is 9.73. The standard InChI is InChI=1S/C12H15FN2O2/c1-3-7-15(8-9-17-2)12(16)10-5-4-6-14-11(10)13/h3-6H,1,7-9H2,2H3. The SMILES string of the molecule is C=CCN(CCOC)C(=O)c1cccnc1F. The fourth-order valence-electron chi connectivity index (χ4n) is 1.35. The number of hydrogen-bond acceptors (Lipinski definition) is 3. The number of rotatable bonds is 6. The molecule has 4 nitrogen and oxygen atoms in total. The highest BCUT2D eigenvalue weighted by Crippen LogP contribution is 2.07. The average Bonchev–Trinajstić information content (AvgIpc) is 2.34. The lowest BCUT2D eigenvalue weighted by atomic mass is 10.2. The van der Waals surface area contributed by atoms with E-state index in [1.165, 1.54) is 23.2 Å². The van der Waals surface area contributed by atoms with E-state index in [-0.39, 0.29) is 5.56 Å². The summed E-state index contributed by atoms with van der Waals surface area (Å²) < 4.78 is 18.2. The normalized spacial score (nSPS) is 10.0. The zero-order valence-electron chi connectivity index (χ0n) is 9.73. The predicted octanol–water partition coefficient (Wildman–Crippen LogP) is 1.50. The van der Waals surface area contributed by atoms with Crippen molar-refractivity contribution in [2.45, 2.75) is 0 Å². The van der Waals surface area contributed by atoms with Crippen molar-refractivity contribution in [2.24, 2.45) is 0 Å². The number of ether oxygens (including phenoxy) is 1. The lowest BCUT2D eigenvalue weighted by Crippen LogP contribution is -2.34. The van der Waals surface area contributed by atoms with Crippen molar-refractivity contribution in [3.63, 3.8) is 0 Å². The molecule has 0 N–H and O–H groups in total. The van der Waals surface area contributed by atoms with Gasteiger partial charge in [0.05, 0.1) is 12.2 Å². The van der Waals surface area contributed by atoms with Crippen LogP contribution < -0.4 is 0 Å². The molecule has 0 atom stereocenters. The molecule has 0 saturated heterocycles. The van der Waals surface area contributed by atoms with E-state index in [2.05, 4.69) is 11.6 Å². The summed E-state index contributed by atoms with van der Waals surface area (Å²) in [4.78, 5) is 16.9. The van der Waals surface area contributed by atoms with Gasteiger partial charge in [0.2, 0.25) is 5.95 Å². The van der Waals surface area contributed by atoms with E-state index in [0.717, 1.165) is 0 Å². The number of hydrogen-bond donors (Lipinski definition) is 0. The van der Waals surface area contributed by atoms with E-state index in [9.17, 15) is 9.18 Å². The number of aromatic nitrogens is 1. The number of pyridine rings is 1. The van der Waals surface area contributed by atoms with Crippen molar-refractivity contribution in [2.75, 3.05) is 26.8 Å². The summed E-state index contributed by atoms with van der Waals surface area (Å²) in [7, 11) is 1.54. The first kappa shape index (κ1) is 13.3. The van der Waals surface area contributed by atoms with Crippen LogP contribution in [0.1, 0.15) is 10.4 Å². The Hall–Kier alpha value is -1.75. The smallest absolute Gasteiger partial charge is 0.258 e. The molecule has 1 rings (SSSR count). The molecule has 1 heterocycles. The minimum absolute atomic E-state index is 0.0366. The summed E-state index contributed by atoms with van der Waals surface area (Å²) in [6, 6.07) is 2.94. The van der Waals surface area contributed by atoms with Gasteiger partial charge in [0, 0.05) is 26.4 Å². The Labute approximate surface area is 99.7 Å². The highest BCUT2D eigenvalue weighted by molar-refractivity contribution is 5.94. The first-order valence-corrected chi connectivity index (χ1v) is 5.20.